The molecule has 140 valence electrons. The van der Waals surface area contributed by atoms with E-state index in [9.17, 15) is 0 Å². The molecule has 0 amide bonds. The van der Waals surface area contributed by atoms with E-state index in [-0.39, 0.29) is 12.1 Å². The molecule has 4 rings (SSSR count). The molecule has 0 saturated carbocycles. The summed E-state index contributed by atoms with van der Waals surface area (Å²) in [5, 5.41) is 0. The normalized spacial score (nSPS) is 21.3. The maximum Gasteiger partial charge on any atom is 0.183 e. The highest BCUT2D eigenvalue weighted by atomic mass is 16.5. The van der Waals surface area contributed by atoms with Gasteiger partial charge in [-0.05, 0) is 30.4 Å². The number of ether oxygens (including phenoxy) is 2. The second-order valence-electron chi connectivity index (χ2n) is 7.21. The van der Waals surface area contributed by atoms with Gasteiger partial charge in [-0.3, -0.25) is 0 Å². The standard InChI is InChI=1S/C23H26N2O2/c1-3-8-18(9-4-1)14-20-16-26-22(24-20)12-7-13-23-25-21(17-27-23)15-19-10-5-2-6-11-19/h1-6,8-11,20-21H,7,12-17H2/t20-,21-/m1/s1. The Morgan fingerprint density at radius 1 is 0.667 bits per heavy atom. The molecule has 2 aromatic rings. The fourth-order valence-corrected chi connectivity index (χ4v) is 3.59. The topological polar surface area (TPSA) is 43.2 Å². The summed E-state index contributed by atoms with van der Waals surface area (Å²) in [5.74, 6) is 1.77. The zero-order chi connectivity index (χ0) is 18.3. The molecule has 2 aliphatic heterocycles. The third kappa shape index (κ3) is 5.19. The molecule has 0 bridgehead atoms. The van der Waals surface area contributed by atoms with Crippen LogP contribution in [0.4, 0.5) is 0 Å². The molecule has 4 nitrogen and oxygen atoms in total. The first-order chi connectivity index (χ1) is 13.3. The van der Waals surface area contributed by atoms with Crippen molar-refractivity contribution in [2.75, 3.05) is 13.2 Å². The molecule has 0 unspecified atom stereocenters. The molecule has 4 heteroatoms. The quantitative estimate of drug-likeness (QED) is 0.705. The Bertz CT molecular complexity index is 719. The monoisotopic (exact) mass is 362 g/mol. The van der Waals surface area contributed by atoms with Gasteiger partial charge in [0.25, 0.3) is 0 Å². The summed E-state index contributed by atoms with van der Waals surface area (Å²) in [5.41, 5.74) is 2.63. The van der Waals surface area contributed by atoms with E-state index in [2.05, 4.69) is 48.5 Å². The maximum atomic E-state index is 5.77. The average Bonchev–Trinajstić information content (AvgIpc) is 3.33. The van der Waals surface area contributed by atoms with Crippen molar-refractivity contribution in [2.24, 2.45) is 9.98 Å². The van der Waals surface area contributed by atoms with E-state index in [0.29, 0.717) is 13.2 Å². The minimum atomic E-state index is 0.248. The molecule has 2 aliphatic rings. The molecule has 2 heterocycles. The minimum absolute atomic E-state index is 0.248. The van der Waals surface area contributed by atoms with Gasteiger partial charge >= 0.3 is 0 Å². The Labute approximate surface area is 161 Å². The fraction of sp³-hybridized carbons (Fsp3) is 0.391. The number of aliphatic imine (C=N–C) groups is 2. The summed E-state index contributed by atoms with van der Waals surface area (Å²) in [4.78, 5) is 9.46. The zero-order valence-electron chi connectivity index (χ0n) is 15.6. The first kappa shape index (κ1) is 17.8. The lowest BCUT2D eigenvalue weighted by Crippen LogP contribution is -2.09. The molecule has 0 spiro atoms. The van der Waals surface area contributed by atoms with Gasteiger partial charge in [0.2, 0.25) is 0 Å². The average molecular weight is 362 g/mol. The van der Waals surface area contributed by atoms with Crippen LogP contribution in [-0.2, 0) is 22.3 Å². The summed E-state index contributed by atoms with van der Waals surface area (Å²) in [6.45, 7) is 1.39. The second-order valence-corrected chi connectivity index (χ2v) is 7.21. The van der Waals surface area contributed by atoms with Gasteiger partial charge in [0.05, 0.1) is 12.1 Å². The van der Waals surface area contributed by atoms with Crippen molar-refractivity contribution in [2.45, 2.75) is 44.2 Å². The highest BCUT2D eigenvalue weighted by Crippen LogP contribution is 2.17. The van der Waals surface area contributed by atoms with Crippen LogP contribution in [0.2, 0.25) is 0 Å². The smallest absolute Gasteiger partial charge is 0.183 e. The number of hydrogen-bond donors (Lipinski definition) is 0. The van der Waals surface area contributed by atoms with Gasteiger partial charge < -0.3 is 9.47 Å². The van der Waals surface area contributed by atoms with Gasteiger partial charge in [-0.2, -0.15) is 0 Å². The summed E-state index contributed by atoms with van der Waals surface area (Å²) < 4.78 is 11.5. The van der Waals surface area contributed by atoms with Crippen LogP contribution in [0.25, 0.3) is 0 Å². The Hall–Kier alpha value is -2.62. The first-order valence-electron chi connectivity index (χ1n) is 9.82. The number of nitrogens with zero attached hydrogens (tertiary/aromatic N) is 2. The lowest BCUT2D eigenvalue weighted by Gasteiger charge is -2.04. The largest absolute Gasteiger partial charge is 0.479 e. The second kappa shape index (κ2) is 8.85. The predicted octanol–water partition coefficient (Wildman–Crippen LogP) is 4.24. The van der Waals surface area contributed by atoms with E-state index in [0.717, 1.165) is 43.9 Å². The van der Waals surface area contributed by atoms with Crippen LogP contribution in [0.1, 0.15) is 30.4 Å². The number of rotatable bonds is 8. The summed E-state index contributed by atoms with van der Waals surface area (Å²) in [6.07, 6.45) is 4.57. The van der Waals surface area contributed by atoms with Crippen LogP contribution >= 0.6 is 0 Å². The third-order valence-corrected chi connectivity index (χ3v) is 4.95. The Kier molecular flexibility index (Phi) is 5.83. The molecule has 0 radical (unpaired) electrons. The van der Waals surface area contributed by atoms with Crippen LogP contribution in [0.5, 0.6) is 0 Å². The van der Waals surface area contributed by atoms with Crippen LogP contribution in [0.3, 0.4) is 0 Å². The van der Waals surface area contributed by atoms with E-state index in [1.807, 2.05) is 12.1 Å². The van der Waals surface area contributed by atoms with Crippen LogP contribution < -0.4 is 0 Å². The number of hydrogen-bond acceptors (Lipinski definition) is 4. The molecular weight excluding hydrogens is 336 g/mol. The molecular formula is C23H26N2O2. The highest BCUT2D eigenvalue weighted by Gasteiger charge is 2.21. The third-order valence-electron chi connectivity index (χ3n) is 4.95. The summed E-state index contributed by atoms with van der Waals surface area (Å²) >= 11 is 0. The lowest BCUT2D eigenvalue weighted by molar-refractivity contribution is 0.303. The van der Waals surface area contributed by atoms with Crippen LogP contribution in [-0.4, -0.2) is 37.1 Å². The van der Waals surface area contributed by atoms with Crippen molar-refractivity contribution in [3.63, 3.8) is 0 Å². The van der Waals surface area contributed by atoms with Gasteiger partial charge in [0, 0.05) is 12.8 Å². The van der Waals surface area contributed by atoms with Gasteiger partial charge in [0.15, 0.2) is 11.8 Å². The van der Waals surface area contributed by atoms with Gasteiger partial charge in [-0.15, -0.1) is 0 Å². The maximum absolute atomic E-state index is 5.77. The Morgan fingerprint density at radius 2 is 1.11 bits per heavy atom. The minimum Gasteiger partial charge on any atom is -0.479 e. The molecule has 0 N–H and O–H groups in total. The molecule has 2 atom stereocenters. The van der Waals surface area contributed by atoms with Crippen molar-refractivity contribution in [1.82, 2.24) is 0 Å². The SMILES string of the molecule is c1ccc(C[C@@H]2COC(CCCC3=N[C@H](Cc4ccccc4)CO3)=N2)cc1. The zero-order valence-corrected chi connectivity index (χ0v) is 15.6. The van der Waals surface area contributed by atoms with E-state index >= 15 is 0 Å². The molecule has 27 heavy (non-hydrogen) atoms. The van der Waals surface area contributed by atoms with Crippen molar-refractivity contribution in [3.8, 4) is 0 Å². The van der Waals surface area contributed by atoms with Gasteiger partial charge in [0.1, 0.15) is 13.2 Å². The van der Waals surface area contributed by atoms with Crippen molar-refractivity contribution in [3.05, 3.63) is 71.8 Å². The van der Waals surface area contributed by atoms with E-state index < -0.39 is 0 Å². The van der Waals surface area contributed by atoms with Gasteiger partial charge in [-0.1, -0.05) is 60.7 Å². The summed E-state index contributed by atoms with van der Waals surface area (Å²) in [6, 6.07) is 21.5. The highest BCUT2D eigenvalue weighted by molar-refractivity contribution is 5.80. The lowest BCUT2D eigenvalue weighted by atomic mass is 10.1. The van der Waals surface area contributed by atoms with Crippen molar-refractivity contribution in [1.29, 1.82) is 0 Å². The predicted molar refractivity (Wildman–Crippen MR) is 108 cm³/mol. The molecule has 2 aromatic carbocycles. The van der Waals surface area contributed by atoms with E-state index in [4.69, 9.17) is 19.5 Å². The Morgan fingerprint density at radius 3 is 1.56 bits per heavy atom. The number of benzene rings is 2. The van der Waals surface area contributed by atoms with E-state index in [1.54, 1.807) is 0 Å². The van der Waals surface area contributed by atoms with Crippen molar-refractivity contribution < 1.29 is 9.47 Å². The molecule has 0 aromatic heterocycles. The van der Waals surface area contributed by atoms with E-state index in [1.165, 1.54) is 11.1 Å². The molecule has 0 fully saturated rings. The first-order valence-corrected chi connectivity index (χ1v) is 9.82. The fourth-order valence-electron chi connectivity index (χ4n) is 3.59. The van der Waals surface area contributed by atoms with Crippen LogP contribution in [0, 0.1) is 0 Å². The summed E-state index contributed by atoms with van der Waals surface area (Å²) in [7, 11) is 0. The van der Waals surface area contributed by atoms with Crippen molar-refractivity contribution >= 4 is 11.8 Å². The Balaban J connectivity index is 1.20. The van der Waals surface area contributed by atoms with Crippen LogP contribution in [0.15, 0.2) is 70.6 Å². The molecule has 0 saturated heterocycles. The molecule has 0 aliphatic carbocycles. The van der Waals surface area contributed by atoms with Gasteiger partial charge in [-0.25, -0.2) is 9.98 Å².